The second-order valence-electron chi connectivity index (χ2n) is 4.06. The van der Waals surface area contributed by atoms with Gasteiger partial charge in [0.15, 0.2) is 5.76 Å². The van der Waals surface area contributed by atoms with Crippen LogP contribution in [0.3, 0.4) is 0 Å². The fourth-order valence-electron chi connectivity index (χ4n) is 1.75. The lowest BCUT2D eigenvalue weighted by molar-refractivity contribution is 0.102. The number of carbonyl (C=O) groups excluding carboxylic acids is 1. The van der Waals surface area contributed by atoms with Gasteiger partial charge < -0.3 is 14.3 Å². The molecule has 0 spiro atoms. The van der Waals surface area contributed by atoms with E-state index in [4.69, 9.17) is 8.94 Å². The molecule has 0 fully saturated rings. The normalized spacial score (nSPS) is 10.7. The molecule has 96 valence electrons. The number of hydrogen-bond donors (Lipinski definition) is 1. The van der Waals surface area contributed by atoms with Gasteiger partial charge in [-0.2, -0.15) is 0 Å². The first-order valence-corrected chi connectivity index (χ1v) is 6.20. The maximum Gasteiger partial charge on any atom is 0.260 e. The zero-order valence-electron chi connectivity index (χ0n) is 10.5. The first-order chi connectivity index (χ1) is 8.41. The van der Waals surface area contributed by atoms with E-state index in [1.807, 2.05) is 0 Å². The third-order valence-electron chi connectivity index (χ3n) is 2.69. The minimum Gasteiger partial charge on any atom is -0.465 e. The molecule has 0 aliphatic heterocycles. The number of nitrogens with one attached hydrogen (secondary N) is 1. The smallest absolute Gasteiger partial charge is 0.260 e. The van der Waals surface area contributed by atoms with Crippen molar-refractivity contribution >= 4 is 27.5 Å². The fourth-order valence-corrected chi connectivity index (χ4v) is 2.29. The van der Waals surface area contributed by atoms with E-state index < -0.39 is 0 Å². The molecule has 5 nitrogen and oxygen atoms in total. The van der Waals surface area contributed by atoms with E-state index in [1.54, 1.807) is 27.7 Å². The van der Waals surface area contributed by atoms with Crippen LogP contribution in [0.1, 0.15) is 33.3 Å². The van der Waals surface area contributed by atoms with Crippen LogP contribution in [0.25, 0.3) is 0 Å². The number of nitrogens with zero attached hydrogens (tertiary/aromatic N) is 1. The van der Waals surface area contributed by atoms with Gasteiger partial charge in [0.25, 0.3) is 5.91 Å². The van der Waals surface area contributed by atoms with Crippen molar-refractivity contribution in [2.24, 2.45) is 0 Å². The van der Waals surface area contributed by atoms with Crippen molar-refractivity contribution in [3.8, 4) is 0 Å². The molecule has 0 aliphatic rings. The van der Waals surface area contributed by atoms with Crippen LogP contribution in [-0.4, -0.2) is 11.1 Å². The lowest BCUT2D eigenvalue weighted by Gasteiger charge is -2.03. The summed E-state index contributed by atoms with van der Waals surface area (Å²) in [5.41, 5.74) is 1.74. The maximum atomic E-state index is 12.2. The molecule has 0 unspecified atom stereocenters. The molecule has 0 bridgehead atoms. The molecular formula is C12H13BrN2O3. The molecular weight excluding hydrogens is 300 g/mol. The average Bonchev–Trinajstić information content (AvgIpc) is 2.73. The Balaban J connectivity index is 2.33. The highest BCUT2D eigenvalue weighted by atomic mass is 79.9. The summed E-state index contributed by atoms with van der Waals surface area (Å²) < 4.78 is 11.1. The van der Waals surface area contributed by atoms with E-state index in [0.29, 0.717) is 38.7 Å². The zero-order valence-corrected chi connectivity index (χ0v) is 12.1. The van der Waals surface area contributed by atoms with E-state index in [-0.39, 0.29) is 5.91 Å². The van der Waals surface area contributed by atoms with Crippen molar-refractivity contribution in [1.82, 2.24) is 5.16 Å². The minimum atomic E-state index is -0.245. The first-order valence-electron chi connectivity index (χ1n) is 5.41. The van der Waals surface area contributed by atoms with Crippen molar-refractivity contribution in [1.29, 1.82) is 0 Å². The van der Waals surface area contributed by atoms with E-state index in [1.165, 1.54) is 0 Å². The molecule has 2 rings (SSSR count). The van der Waals surface area contributed by atoms with Crippen molar-refractivity contribution in [3.63, 3.8) is 0 Å². The Labute approximate surface area is 113 Å². The standard InChI is InChI=1S/C12H13BrN2O3/c1-5-11(8(4)18-15-5)14-12(16)9-6(2)17-7(3)10(9)13/h1-4H3,(H,14,16). The Morgan fingerprint density at radius 3 is 2.28 bits per heavy atom. The molecule has 0 atom stereocenters. The number of anilines is 1. The molecule has 0 radical (unpaired) electrons. The molecule has 0 aromatic carbocycles. The SMILES string of the molecule is Cc1noc(C)c1NC(=O)c1c(C)oc(C)c1Br. The summed E-state index contributed by atoms with van der Waals surface area (Å²) in [7, 11) is 0. The van der Waals surface area contributed by atoms with Gasteiger partial charge in [-0.05, 0) is 43.6 Å². The van der Waals surface area contributed by atoms with Crippen molar-refractivity contribution in [3.05, 3.63) is 33.0 Å². The highest BCUT2D eigenvalue weighted by Gasteiger charge is 2.22. The lowest BCUT2D eigenvalue weighted by Crippen LogP contribution is -2.13. The van der Waals surface area contributed by atoms with Gasteiger partial charge in [-0.1, -0.05) is 5.16 Å². The summed E-state index contributed by atoms with van der Waals surface area (Å²) in [5.74, 6) is 1.58. The largest absolute Gasteiger partial charge is 0.465 e. The van der Waals surface area contributed by atoms with Crippen LogP contribution in [0.4, 0.5) is 5.69 Å². The summed E-state index contributed by atoms with van der Waals surface area (Å²) in [6.45, 7) is 7.07. The third kappa shape index (κ3) is 2.08. The van der Waals surface area contributed by atoms with Crippen LogP contribution in [0.15, 0.2) is 13.4 Å². The number of furan rings is 1. The number of amides is 1. The van der Waals surface area contributed by atoms with Gasteiger partial charge in [0.1, 0.15) is 22.9 Å². The molecule has 1 amide bonds. The molecule has 6 heteroatoms. The predicted octanol–water partition coefficient (Wildman–Crippen LogP) is 3.52. The predicted molar refractivity (Wildman–Crippen MR) is 69.8 cm³/mol. The summed E-state index contributed by atoms with van der Waals surface area (Å²) in [6, 6.07) is 0. The van der Waals surface area contributed by atoms with Gasteiger partial charge in [0.05, 0.1) is 10.0 Å². The van der Waals surface area contributed by atoms with Crippen LogP contribution < -0.4 is 5.32 Å². The summed E-state index contributed by atoms with van der Waals surface area (Å²) in [4.78, 5) is 12.2. The topological polar surface area (TPSA) is 68.3 Å². The fraction of sp³-hybridized carbons (Fsp3) is 0.333. The van der Waals surface area contributed by atoms with E-state index >= 15 is 0 Å². The molecule has 1 N–H and O–H groups in total. The Morgan fingerprint density at radius 1 is 1.17 bits per heavy atom. The van der Waals surface area contributed by atoms with Crippen molar-refractivity contribution < 1.29 is 13.7 Å². The molecule has 0 aliphatic carbocycles. The average molecular weight is 313 g/mol. The Hall–Kier alpha value is -1.56. The van der Waals surface area contributed by atoms with Crippen LogP contribution in [-0.2, 0) is 0 Å². The second kappa shape index (κ2) is 4.61. The Bertz CT molecular complexity index is 594. The van der Waals surface area contributed by atoms with Crippen LogP contribution in [0.2, 0.25) is 0 Å². The number of halogens is 1. The van der Waals surface area contributed by atoms with Gasteiger partial charge in [-0.25, -0.2) is 0 Å². The number of aryl methyl sites for hydroxylation is 4. The highest BCUT2D eigenvalue weighted by Crippen LogP contribution is 2.29. The van der Waals surface area contributed by atoms with Gasteiger partial charge in [0.2, 0.25) is 0 Å². The lowest BCUT2D eigenvalue weighted by atomic mass is 10.2. The van der Waals surface area contributed by atoms with E-state index in [9.17, 15) is 4.79 Å². The number of hydrogen-bond acceptors (Lipinski definition) is 4. The van der Waals surface area contributed by atoms with Crippen LogP contribution in [0.5, 0.6) is 0 Å². The first kappa shape index (κ1) is 12.9. The van der Waals surface area contributed by atoms with Gasteiger partial charge in [-0.3, -0.25) is 4.79 Å². The molecule has 0 saturated carbocycles. The maximum absolute atomic E-state index is 12.2. The molecule has 2 aromatic rings. The van der Waals surface area contributed by atoms with Crippen LogP contribution >= 0.6 is 15.9 Å². The molecule has 18 heavy (non-hydrogen) atoms. The number of rotatable bonds is 2. The summed E-state index contributed by atoms with van der Waals surface area (Å²) in [5, 5.41) is 6.57. The Kier molecular flexibility index (Phi) is 3.30. The summed E-state index contributed by atoms with van der Waals surface area (Å²) in [6.07, 6.45) is 0. The van der Waals surface area contributed by atoms with Gasteiger partial charge in [0, 0.05) is 0 Å². The van der Waals surface area contributed by atoms with Crippen molar-refractivity contribution in [2.45, 2.75) is 27.7 Å². The monoisotopic (exact) mass is 312 g/mol. The number of carbonyl (C=O) groups is 1. The van der Waals surface area contributed by atoms with Crippen LogP contribution in [0, 0.1) is 27.7 Å². The highest BCUT2D eigenvalue weighted by molar-refractivity contribution is 9.10. The molecule has 2 heterocycles. The second-order valence-corrected chi connectivity index (χ2v) is 4.85. The van der Waals surface area contributed by atoms with Crippen molar-refractivity contribution in [2.75, 3.05) is 5.32 Å². The zero-order chi connectivity index (χ0) is 13.4. The molecule has 2 aromatic heterocycles. The third-order valence-corrected chi connectivity index (χ3v) is 3.64. The quantitative estimate of drug-likeness (QED) is 0.921. The van der Waals surface area contributed by atoms with E-state index in [2.05, 4.69) is 26.4 Å². The van der Waals surface area contributed by atoms with Gasteiger partial charge >= 0.3 is 0 Å². The Morgan fingerprint density at radius 2 is 1.83 bits per heavy atom. The van der Waals surface area contributed by atoms with Gasteiger partial charge in [-0.15, -0.1) is 0 Å². The number of aromatic nitrogens is 1. The van der Waals surface area contributed by atoms with E-state index in [0.717, 1.165) is 0 Å². The summed E-state index contributed by atoms with van der Waals surface area (Å²) >= 11 is 3.35. The molecule has 0 saturated heterocycles. The minimum absolute atomic E-state index is 0.245.